The summed E-state index contributed by atoms with van der Waals surface area (Å²) < 4.78 is 0. The third-order valence-corrected chi connectivity index (χ3v) is 1.42. The van der Waals surface area contributed by atoms with E-state index in [9.17, 15) is 0 Å². The molecule has 1 heteroatoms. The normalized spacial score (nSPS) is 9.15. The molecule has 0 atom stereocenters. The molecule has 1 aromatic rings. The highest BCUT2D eigenvalue weighted by Gasteiger charge is 1.91. The standard InChI is InChI=1S/C10H11N.C2H6/c1-3-9-7-5-6-8-10(9)11-4-2;1-2/h3-8H,1H2,2H3;1-2H3. The topological polar surface area (TPSA) is 12.4 Å². The molecule has 0 bridgehead atoms. The van der Waals surface area contributed by atoms with Gasteiger partial charge in [0.2, 0.25) is 0 Å². The van der Waals surface area contributed by atoms with Crippen molar-refractivity contribution in [3.8, 4) is 0 Å². The largest absolute Gasteiger partial charge is 0.261 e. The van der Waals surface area contributed by atoms with Crippen molar-refractivity contribution in [2.45, 2.75) is 20.8 Å². The third kappa shape index (κ3) is 3.70. The molecule has 1 rings (SSSR count). The monoisotopic (exact) mass is 175 g/mol. The summed E-state index contributed by atoms with van der Waals surface area (Å²) in [6, 6.07) is 7.91. The van der Waals surface area contributed by atoms with Gasteiger partial charge in [0.15, 0.2) is 0 Å². The highest BCUT2D eigenvalue weighted by molar-refractivity contribution is 5.68. The lowest BCUT2D eigenvalue weighted by molar-refractivity contribution is 1.50. The van der Waals surface area contributed by atoms with Gasteiger partial charge in [-0.3, -0.25) is 4.99 Å². The van der Waals surface area contributed by atoms with Crippen molar-refractivity contribution in [3.63, 3.8) is 0 Å². The quantitative estimate of drug-likeness (QED) is 0.600. The van der Waals surface area contributed by atoms with E-state index in [4.69, 9.17) is 0 Å². The van der Waals surface area contributed by atoms with Crippen molar-refractivity contribution in [1.29, 1.82) is 0 Å². The van der Waals surface area contributed by atoms with E-state index < -0.39 is 0 Å². The van der Waals surface area contributed by atoms with Crippen molar-refractivity contribution in [2.24, 2.45) is 4.99 Å². The molecule has 70 valence electrons. The van der Waals surface area contributed by atoms with Crippen molar-refractivity contribution in [2.75, 3.05) is 0 Å². The first kappa shape index (κ1) is 11.6. The SMILES string of the molecule is C=Cc1ccccc1N=CC.CC. The Morgan fingerprint density at radius 2 is 1.85 bits per heavy atom. The number of hydrogen-bond acceptors (Lipinski definition) is 1. The summed E-state index contributed by atoms with van der Waals surface area (Å²) in [5, 5.41) is 0. The molecule has 0 spiro atoms. The number of para-hydroxylation sites is 1. The number of rotatable bonds is 2. The van der Waals surface area contributed by atoms with Gasteiger partial charge in [-0.25, -0.2) is 0 Å². The molecule has 1 aromatic carbocycles. The van der Waals surface area contributed by atoms with Gasteiger partial charge in [0.05, 0.1) is 5.69 Å². The Balaban J connectivity index is 0.000000671. The fraction of sp³-hybridized carbons (Fsp3) is 0.250. The van der Waals surface area contributed by atoms with Gasteiger partial charge in [0.25, 0.3) is 0 Å². The summed E-state index contributed by atoms with van der Waals surface area (Å²) in [4.78, 5) is 4.18. The van der Waals surface area contributed by atoms with E-state index in [1.54, 1.807) is 6.21 Å². The Morgan fingerprint density at radius 1 is 1.23 bits per heavy atom. The minimum atomic E-state index is 0.977. The van der Waals surface area contributed by atoms with Gasteiger partial charge in [0.1, 0.15) is 0 Å². The second-order valence-electron chi connectivity index (χ2n) is 2.15. The maximum Gasteiger partial charge on any atom is 0.0697 e. The smallest absolute Gasteiger partial charge is 0.0697 e. The highest BCUT2D eigenvalue weighted by Crippen LogP contribution is 2.18. The van der Waals surface area contributed by atoms with E-state index in [1.165, 1.54) is 0 Å². The Morgan fingerprint density at radius 3 is 2.38 bits per heavy atom. The van der Waals surface area contributed by atoms with Gasteiger partial charge in [-0.15, -0.1) is 0 Å². The molecule has 0 fully saturated rings. The second-order valence-corrected chi connectivity index (χ2v) is 2.15. The lowest BCUT2D eigenvalue weighted by Crippen LogP contribution is -1.72. The molecule has 0 aromatic heterocycles. The first-order chi connectivity index (χ1) is 6.38. The van der Waals surface area contributed by atoms with Gasteiger partial charge in [-0.2, -0.15) is 0 Å². The summed E-state index contributed by atoms with van der Waals surface area (Å²) in [6.07, 6.45) is 3.59. The van der Waals surface area contributed by atoms with Crippen LogP contribution in [0, 0.1) is 0 Å². The molecule has 0 aliphatic carbocycles. The predicted molar refractivity (Wildman–Crippen MR) is 61.7 cm³/mol. The summed E-state index contributed by atoms with van der Waals surface area (Å²) in [6.45, 7) is 9.60. The first-order valence-corrected chi connectivity index (χ1v) is 4.58. The van der Waals surface area contributed by atoms with Crippen LogP contribution in [-0.2, 0) is 0 Å². The van der Waals surface area contributed by atoms with Crippen molar-refractivity contribution >= 4 is 18.0 Å². The van der Waals surface area contributed by atoms with Gasteiger partial charge in [0, 0.05) is 6.21 Å². The van der Waals surface area contributed by atoms with Crippen LogP contribution in [0.5, 0.6) is 0 Å². The van der Waals surface area contributed by atoms with E-state index >= 15 is 0 Å². The van der Waals surface area contributed by atoms with Crippen LogP contribution in [0.3, 0.4) is 0 Å². The second kappa shape index (κ2) is 7.29. The molecule has 1 nitrogen and oxygen atoms in total. The van der Waals surface area contributed by atoms with Crippen LogP contribution in [0.15, 0.2) is 35.8 Å². The van der Waals surface area contributed by atoms with E-state index in [2.05, 4.69) is 11.6 Å². The molecule has 0 unspecified atom stereocenters. The van der Waals surface area contributed by atoms with Crippen LogP contribution in [-0.4, -0.2) is 6.21 Å². The van der Waals surface area contributed by atoms with Crippen molar-refractivity contribution < 1.29 is 0 Å². The predicted octanol–water partition coefficient (Wildman–Crippen LogP) is 4.08. The van der Waals surface area contributed by atoms with Gasteiger partial charge in [-0.1, -0.05) is 44.7 Å². The molecule has 0 heterocycles. The maximum atomic E-state index is 4.18. The summed E-state index contributed by atoms with van der Waals surface area (Å²) in [5.74, 6) is 0. The number of nitrogens with zero attached hydrogens (tertiary/aromatic N) is 1. The Hall–Kier alpha value is -1.37. The van der Waals surface area contributed by atoms with Crippen molar-refractivity contribution in [1.82, 2.24) is 0 Å². The Kier molecular flexibility index (Phi) is 6.52. The van der Waals surface area contributed by atoms with E-state index in [0.717, 1.165) is 11.3 Å². The molecular weight excluding hydrogens is 158 g/mol. The zero-order valence-electron chi connectivity index (χ0n) is 8.62. The minimum absolute atomic E-state index is 0.977. The fourth-order valence-corrected chi connectivity index (χ4v) is 0.917. The van der Waals surface area contributed by atoms with Crippen LogP contribution < -0.4 is 0 Å². The summed E-state index contributed by atoms with van der Waals surface area (Å²) in [7, 11) is 0. The summed E-state index contributed by atoms with van der Waals surface area (Å²) >= 11 is 0. The summed E-state index contributed by atoms with van der Waals surface area (Å²) in [5.41, 5.74) is 2.05. The molecular formula is C12H17N. The number of benzene rings is 1. The minimum Gasteiger partial charge on any atom is -0.261 e. The molecule has 13 heavy (non-hydrogen) atoms. The number of hydrogen-bond donors (Lipinski definition) is 0. The van der Waals surface area contributed by atoms with Crippen molar-refractivity contribution in [3.05, 3.63) is 36.4 Å². The van der Waals surface area contributed by atoms with Gasteiger partial charge < -0.3 is 0 Å². The molecule has 0 amide bonds. The average molecular weight is 175 g/mol. The average Bonchev–Trinajstić information content (AvgIpc) is 2.22. The van der Waals surface area contributed by atoms with Crippen LogP contribution in [0.1, 0.15) is 26.3 Å². The van der Waals surface area contributed by atoms with E-state index in [0.29, 0.717) is 0 Å². The van der Waals surface area contributed by atoms with E-state index in [-0.39, 0.29) is 0 Å². The Bertz CT molecular complexity index is 274. The van der Waals surface area contributed by atoms with Crippen LogP contribution in [0.25, 0.3) is 6.08 Å². The third-order valence-electron chi connectivity index (χ3n) is 1.42. The maximum absolute atomic E-state index is 4.18. The lowest BCUT2D eigenvalue weighted by atomic mass is 10.2. The molecule has 0 aliphatic rings. The fourth-order valence-electron chi connectivity index (χ4n) is 0.917. The van der Waals surface area contributed by atoms with E-state index in [1.807, 2.05) is 51.1 Å². The first-order valence-electron chi connectivity index (χ1n) is 4.58. The molecule has 0 saturated carbocycles. The van der Waals surface area contributed by atoms with Gasteiger partial charge >= 0.3 is 0 Å². The molecule has 0 aliphatic heterocycles. The Labute approximate surface area is 80.8 Å². The zero-order chi connectivity index (χ0) is 10.1. The molecule has 0 N–H and O–H groups in total. The highest BCUT2D eigenvalue weighted by atomic mass is 14.7. The lowest BCUT2D eigenvalue weighted by Gasteiger charge is -1.96. The number of aliphatic imine (C=N–C) groups is 1. The van der Waals surface area contributed by atoms with Gasteiger partial charge in [-0.05, 0) is 18.6 Å². The van der Waals surface area contributed by atoms with Crippen LogP contribution >= 0.6 is 0 Å². The molecule has 0 saturated heterocycles. The van der Waals surface area contributed by atoms with Crippen LogP contribution in [0.2, 0.25) is 0 Å². The van der Waals surface area contributed by atoms with Crippen LogP contribution in [0.4, 0.5) is 5.69 Å². The zero-order valence-corrected chi connectivity index (χ0v) is 8.62. The molecule has 0 radical (unpaired) electrons.